The van der Waals surface area contributed by atoms with Crippen LogP contribution in [0.25, 0.3) is 0 Å². The predicted octanol–water partition coefficient (Wildman–Crippen LogP) is 3.61. The molecule has 2 amide bonds. The maximum atomic E-state index is 13.8. The van der Waals surface area contributed by atoms with Gasteiger partial charge in [0.15, 0.2) is 0 Å². The highest BCUT2D eigenvalue weighted by atomic mass is 19.4. The van der Waals surface area contributed by atoms with Crippen LogP contribution in [0.3, 0.4) is 0 Å². The van der Waals surface area contributed by atoms with E-state index in [0.717, 1.165) is 6.07 Å². The molecule has 0 saturated heterocycles. The second kappa shape index (κ2) is 4.50. The lowest BCUT2D eigenvalue weighted by molar-refractivity contribution is -0.348. The van der Waals surface area contributed by atoms with Crippen LogP contribution in [0.15, 0.2) is 18.2 Å². The van der Waals surface area contributed by atoms with Crippen LogP contribution >= 0.6 is 0 Å². The van der Waals surface area contributed by atoms with Gasteiger partial charge in [0, 0.05) is 17.8 Å². The number of hydrogen-bond acceptors (Lipinski definition) is 1. The average Bonchev–Trinajstić information content (AvgIpc) is 2.34. The maximum absolute atomic E-state index is 13.8. The first-order chi connectivity index (χ1) is 9.47. The van der Waals surface area contributed by atoms with Gasteiger partial charge in [-0.1, -0.05) is 6.07 Å². The van der Waals surface area contributed by atoms with Crippen molar-refractivity contribution in [1.29, 1.82) is 0 Å². The number of alkyl halides is 7. The number of benzene rings is 1. The first kappa shape index (κ1) is 15.4. The molecule has 1 aromatic carbocycles. The lowest BCUT2D eigenvalue weighted by atomic mass is 9.92. The van der Waals surface area contributed by atoms with Crippen LogP contribution in [0.4, 0.5) is 41.2 Å². The fraction of sp³-hybridized carbons (Fsp3) is 0.364. The molecule has 2 rings (SSSR count). The van der Waals surface area contributed by atoms with Crippen molar-refractivity contribution < 1.29 is 35.5 Å². The number of halogens is 7. The van der Waals surface area contributed by atoms with Gasteiger partial charge in [0.05, 0.1) is 0 Å². The van der Waals surface area contributed by atoms with Gasteiger partial charge in [-0.2, -0.15) is 26.3 Å². The first-order valence-corrected chi connectivity index (χ1v) is 5.47. The summed E-state index contributed by atoms with van der Waals surface area (Å²) in [5.74, 6) is 0. The third kappa shape index (κ3) is 2.38. The topological polar surface area (TPSA) is 41.1 Å². The fourth-order valence-corrected chi connectivity index (χ4v) is 1.91. The Morgan fingerprint density at radius 1 is 0.952 bits per heavy atom. The summed E-state index contributed by atoms with van der Waals surface area (Å²) in [6.45, 7) is -0.305. The quantitative estimate of drug-likeness (QED) is 0.764. The van der Waals surface area contributed by atoms with E-state index >= 15 is 0 Å². The van der Waals surface area contributed by atoms with Crippen molar-refractivity contribution in [3.63, 3.8) is 0 Å². The molecule has 0 fully saturated rings. The Hall–Kier alpha value is -2.00. The Morgan fingerprint density at radius 2 is 1.52 bits per heavy atom. The standard InChI is InChI=1S/C11H7F7N2O/c12-9(10(13,14)15,11(16,17)18)6-1-2-7-5(3-6)4-19-8(21)20-7/h1-3H,4H2,(H2,19,20,21). The van der Waals surface area contributed by atoms with E-state index in [1.54, 1.807) is 0 Å². The highest BCUT2D eigenvalue weighted by molar-refractivity contribution is 5.92. The average molecular weight is 316 g/mol. The molecule has 1 aromatic rings. The van der Waals surface area contributed by atoms with Crippen molar-refractivity contribution in [3.8, 4) is 0 Å². The van der Waals surface area contributed by atoms with Gasteiger partial charge < -0.3 is 10.6 Å². The van der Waals surface area contributed by atoms with Crippen molar-refractivity contribution in [2.24, 2.45) is 0 Å². The van der Waals surface area contributed by atoms with Gasteiger partial charge in [-0.3, -0.25) is 0 Å². The number of amides is 2. The van der Waals surface area contributed by atoms with E-state index in [2.05, 4.69) is 10.6 Å². The lowest BCUT2D eigenvalue weighted by Gasteiger charge is -2.31. The van der Waals surface area contributed by atoms with Crippen LogP contribution in [0.1, 0.15) is 11.1 Å². The van der Waals surface area contributed by atoms with E-state index in [0.29, 0.717) is 12.1 Å². The molecule has 1 heterocycles. The molecule has 1 aliphatic heterocycles. The Balaban J connectivity index is 2.56. The fourth-order valence-electron chi connectivity index (χ4n) is 1.91. The smallest absolute Gasteiger partial charge is 0.334 e. The number of hydrogen-bond donors (Lipinski definition) is 2. The number of fused-ring (bicyclic) bond motifs is 1. The molecule has 0 saturated carbocycles. The number of rotatable bonds is 1. The summed E-state index contributed by atoms with van der Waals surface area (Å²) in [6, 6.07) is 0.928. The van der Waals surface area contributed by atoms with Crippen molar-refractivity contribution in [1.82, 2.24) is 5.32 Å². The molecule has 21 heavy (non-hydrogen) atoms. The van der Waals surface area contributed by atoms with E-state index in [-0.39, 0.29) is 17.8 Å². The summed E-state index contributed by atoms with van der Waals surface area (Å²) >= 11 is 0. The third-order valence-electron chi connectivity index (χ3n) is 2.97. The summed E-state index contributed by atoms with van der Waals surface area (Å²) in [6.07, 6.45) is -12.3. The summed E-state index contributed by atoms with van der Waals surface area (Å²) in [4.78, 5) is 11.0. The maximum Gasteiger partial charge on any atom is 0.435 e. The van der Waals surface area contributed by atoms with Gasteiger partial charge in [-0.25, -0.2) is 9.18 Å². The van der Waals surface area contributed by atoms with Crippen LogP contribution in [-0.4, -0.2) is 18.4 Å². The van der Waals surface area contributed by atoms with Gasteiger partial charge in [0.2, 0.25) is 0 Å². The summed E-state index contributed by atoms with van der Waals surface area (Å²) in [5, 5.41) is 4.34. The molecule has 0 aromatic heterocycles. The number of anilines is 1. The minimum absolute atomic E-state index is 0.0224. The van der Waals surface area contributed by atoms with Crippen molar-refractivity contribution >= 4 is 11.7 Å². The summed E-state index contributed by atoms with van der Waals surface area (Å²) in [7, 11) is 0. The molecule has 0 atom stereocenters. The Labute approximate surface area is 113 Å². The molecule has 0 unspecified atom stereocenters. The molecular formula is C11H7F7N2O. The first-order valence-electron chi connectivity index (χ1n) is 5.47. The number of carbonyl (C=O) groups excluding carboxylic acids is 1. The molecule has 0 radical (unpaired) electrons. The molecular weight excluding hydrogens is 309 g/mol. The normalized spacial score (nSPS) is 16.0. The largest absolute Gasteiger partial charge is 0.435 e. The van der Waals surface area contributed by atoms with Gasteiger partial charge in [0.25, 0.3) is 0 Å². The zero-order valence-corrected chi connectivity index (χ0v) is 9.99. The van der Waals surface area contributed by atoms with E-state index < -0.39 is 29.6 Å². The van der Waals surface area contributed by atoms with Gasteiger partial charge in [-0.05, 0) is 17.7 Å². The molecule has 0 bridgehead atoms. The molecule has 10 heteroatoms. The van der Waals surface area contributed by atoms with Crippen LogP contribution in [0.2, 0.25) is 0 Å². The van der Waals surface area contributed by atoms with E-state index in [1.807, 2.05) is 0 Å². The highest BCUT2D eigenvalue weighted by Crippen LogP contribution is 2.53. The number of carbonyl (C=O) groups is 1. The second-order valence-electron chi connectivity index (χ2n) is 4.33. The van der Waals surface area contributed by atoms with Crippen LogP contribution in [0, 0.1) is 0 Å². The van der Waals surface area contributed by atoms with Crippen LogP contribution in [0.5, 0.6) is 0 Å². The van der Waals surface area contributed by atoms with Gasteiger partial charge >= 0.3 is 24.1 Å². The molecule has 1 aliphatic rings. The Bertz CT molecular complexity index is 565. The molecule has 0 spiro atoms. The second-order valence-corrected chi connectivity index (χ2v) is 4.33. The zero-order chi connectivity index (χ0) is 16.1. The summed E-state index contributed by atoms with van der Waals surface area (Å²) in [5.41, 5.74) is -7.12. The molecule has 116 valence electrons. The molecule has 0 aliphatic carbocycles. The minimum atomic E-state index is -6.16. The van der Waals surface area contributed by atoms with Gasteiger partial charge in [0.1, 0.15) is 0 Å². The minimum Gasteiger partial charge on any atom is -0.334 e. The van der Waals surface area contributed by atoms with Crippen LogP contribution < -0.4 is 10.6 Å². The van der Waals surface area contributed by atoms with Gasteiger partial charge in [-0.15, -0.1) is 0 Å². The van der Waals surface area contributed by atoms with E-state index in [1.165, 1.54) is 0 Å². The van der Waals surface area contributed by atoms with Crippen molar-refractivity contribution in [2.75, 3.05) is 5.32 Å². The van der Waals surface area contributed by atoms with Crippen molar-refractivity contribution in [3.05, 3.63) is 29.3 Å². The highest BCUT2D eigenvalue weighted by Gasteiger charge is 2.73. The third-order valence-corrected chi connectivity index (χ3v) is 2.97. The predicted molar refractivity (Wildman–Crippen MR) is 57.2 cm³/mol. The number of nitrogens with one attached hydrogen (secondary N) is 2. The van der Waals surface area contributed by atoms with Crippen LogP contribution in [-0.2, 0) is 12.2 Å². The molecule has 3 nitrogen and oxygen atoms in total. The monoisotopic (exact) mass is 316 g/mol. The number of urea groups is 1. The zero-order valence-electron chi connectivity index (χ0n) is 9.99. The molecule has 2 N–H and O–H groups in total. The summed E-state index contributed by atoms with van der Waals surface area (Å²) < 4.78 is 89.4. The van der Waals surface area contributed by atoms with E-state index in [4.69, 9.17) is 0 Å². The Kier molecular flexibility index (Phi) is 3.30. The SMILES string of the molecule is O=C1NCc2cc(C(F)(C(F)(F)F)C(F)(F)F)ccc2N1. The van der Waals surface area contributed by atoms with Crippen molar-refractivity contribution in [2.45, 2.75) is 24.6 Å². The Morgan fingerprint density at radius 3 is 2.05 bits per heavy atom. The lowest BCUT2D eigenvalue weighted by Crippen LogP contribution is -2.50. The van der Waals surface area contributed by atoms with E-state index in [9.17, 15) is 35.5 Å².